The number of nitrogen functional groups attached to an aromatic ring is 1. The molecule has 5 nitrogen and oxygen atoms in total. The van der Waals surface area contributed by atoms with Crippen LogP contribution < -0.4 is 16.0 Å². The molecule has 0 saturated heterocycles. The Morgan fingerprint density at radius 1 is 1.00 bits per heavy atom. The van der Waals surface area contributed by atoms with Crippen LogP contribution >= 0.6 is 0 Å². The molecule has 0 fully saturated rings. The second-order valence-corrected chi connectivity index (χ2v) is 11.3. The normalized spacial score (nSPS) is 19.0. The van der Waals surface area contributed by atoms with Gasteiger partial charge >= 0.3 is 0 Å². The topological polar surface area (TPSA) is 75.4 Å². The average molecular weight is 472 g/mol. The first-order valence-electron chi connectivity index (χ1n) is 12.5. The molecule has 0 bridgehead atoms. The molecule has 33 heavy (non-hydrogen) atoms. The van der Waals surface area contributed by atoms with Crippen molar-refractivity contribution in [2.24, 2.45) is 0 Å². The number of nitrogens with one attached hydrogen (secondary N) is 1. The van der Waals surface area contributed by atoms with Gasteiger partial charge in [-0.3, -0.25) is 5.32 Å². The van der Waals surface area contributed by atoms with E-state index in [-0.39, 0.29) is 11.8 Å². The number of sulfone groups is 1. The van der Waals surface area contributed by atoms with Gasteiger partial charge in [-0.2, -0.15) is 0 Å². The number of benzene rings is 2. The Kier molecular flexibility index (Phi) is 8.46. The number of rotatable bonds is 10. The lowest BCUT2D eigenvalue weighted by Crippen LogP contribution is -2.50. The van der Waals surface area contributed by atoms with E-state index in [4.69, 9.17) is 5.73 Å². The van der Waals surface area contributed by atoms with Crippen molar-refractivity contribution in [3.8, 4) is 0 Å². The van der Waals surface area contributed by atoms with Gasteiger partial charge < -0.3 is 10.6 Å². The maximum absolute atomic E-state index is 13.8. The van der Waals surface area contributed by atoms with Crippen molar-refractivity contribution in [1.82, 2.24) is 5.32 Å². The van der Waals surface area contributed by atoms with Gasteiger partial charge in [-0.05, 0) is 68.1 Å². The Morgan fingerprint density at radius 3 is 2.24 bits per heavy atom. The number of hydrogen-bond acceptors (Lipinski definition) is 5. The van der Waals surface area contributed by atoms with Crippen LogP contribution in [0.25, 0.3) is 0 Å². The Bertz CT molecular complexity index is 1020. The van der Waals surface area contributed by atoms with Gasteiger partial charge in [-0.25, -0.2) is 8.42 Å². The Balaban J connectivity index is 2.24. The molecule has 2 aromatic carbocycles. The van der Waals surface area contributed by atoms with Gasteiger partial charge in [0, 0.05) is 30.0 Å². The minimum atomic E-state index is -3.47. The maximum atomic E-state index is 13.8. The molecule has 1 aliphatic rings. The molecule has 1 atom stereocenters. The van der Waals surface area contributed by atoms with E-state index < -0.39 is 15.4 Å². The van der Waals surface area contributed by atoms with Crippen molar-refractivity contribution in [2.45, 2.75) is 82.7 Å². The molecular formula is C27H41N3O2S. The first kappa shape index (κ1) is 25.6. The van der Waals surface area contributed by atoms with Crippen LogP contribution in [0.4, 0.5) is 11.4 Å². The number of hydrogen-bond donors (Lipinski definition) is 2. The van der Waals surface area contributed by atoms with Crippen LogP contribution in [-0.4, -0.2) is 32.8 Å². The Labute approximate surface area is 200 Å². The smallest absolute Gasteiger partial charge is 0.180 e. The largest absolute Gasteiger partial charge is 0.399 e. The van der Waals surface area contributed by atoms with Crippen molar-refractivity contribution >= 4 is 21.2 Å². The summed E-state index contributed by atoms with van der Waals surface area (Å²) >= 11 is 0. The number of nitrogens with two attached hydrogens (primary N) is 1. The predicted molar refractivity (Wildman–Crippen MR) is 140 cm³/mol. The summed E-state index contributed by atoms with van der Waals surface area (Å²) in [6, 6.07) is 13.5. The molecule has 0 aromatic heterocycles. The number of anilines is 2. The molecule has 2 aromatic rings. The zero-order valence-corrected chi connectivity index (χ0v) is 21.5. The summed E-state index contributed by atoms with van der Waals surface area (Å²) in [6.45, 7) is 10.3. The highest BCUT2D eigenvalue weighted by Crippen LogP contribution is 2.40. The third-order valence-electron chi connectivity index (χ3n) is 6.95. The molecule has 1 aliphatic heterocycles. The lowest BCUT2D eigenvalue weighted by Gasteiger charge is -2.37. The highest BCUT2D eigenvalue weighted by molar-refractivity contribution is 7.91. The average Bonchev–Trinajstić information content (AvgIpc) is 2.89. The summed E-state index contributed by atoms with van der Waals surface area (Å²) < 4.78 is 27.6. The van der Waals surface area contributed by atoms with Crippen LogP contribution in [0.5, 0.6) is 0 Å². The zero-order valence-electron chi connectivity index (χ0n) is 20.7. The van der Waals surface area contributed by atoms with E-state index in [1.54, 1.807) is 0 Å². The fourth-order valence-electron chi connectivity index (χ4n) is 5.14. The first-order valence-corrected chi connectivity index (χ1v) is 14.2. The number of unbranched alkanes of at least 4 members (excludes halogenated alkanes) is 2. The van der Waals surface area contributed by atoms with E-state index >= 15 is 0 Å². The number of nitrogens with zero attached hydrogens (tertiary/aromatic N) is 1. The molecule has 0 spiro atoms. The molecule has 1 heterocycles. The van der Waals surface area contributed by atoms with Crippen molar-refractivity contribution in [2.75, 3.05) is 29.5 Å². The Morgan fingerprint density at radius 2 is 1.67 bits per heavy atom. The molecule has 6 heteroatoms. The lowest BCUT2D eigenvalue weighted by molar-refractivity contribution is 0.278. The quantitative estimate of drug-likeness (QED) is 0.435. The first-order chi connectivity index (χ1) is 15.8. The van der Waals surface area contributed by atoms with Gasteiger partial charge in [-0.1, -0.05) is 51.7 Å². The van der Waals surface area contributed by atoms with E-state index in [9.17, 15) is 8.42 Å². The second kappa shape index (κ2) is 10.9. The van der Waals surface area contributed by atoms with Crippen molar-refractivity contribution < 1.29 is 8.42 Å². The molecule has 0 aliphatic carbocycles. The summed E-state index contributed by atoms with van der Waals surface area (Å²) in [5.74, 6) is 0.135. The van der Waals surface area contributed by atoms with Crippen LogP contribution in [0.2, 0.25) is 0 Å². The van der Waals surface area contributed by atoms with Gasteiger partial charge in [0.2, 0.25) is 0 Å². The van der Waals surface area contributed by atoms with Gasteiger partial charge in [0.1, 0.15) is 0 Å². The Hall–Kier alpha value is -2.05. The monoisotopic (exact) mass is 471 g/mol. The summed E-state index contributed by atoms with van der Waals surface area (Å²) in [6.07, 6.45) is 5.76. The summed E-state index contributed by atoms with van der Waals surface area (Å²) in [5, 5.41) is 3.90. The highest BCUT2D eigenvalue weighted by atomic mass is 32.2. The molecule has 3 N–H and O–H groups in total. The van der Waals surface area contributed by atoms with E-state index in [1.165, 1.54) is 0 Å². The van der Waals surface area contributed by atoms with Crippen molar-refractivity contribution in [3.05, 3.63) is 53.6 Å². The van der Waals surface area contributed by atoms with Crippen molar-refractivity contribution in [1.29, 1.82) is 0 Å². The van der Waals surface area contributed by atoms with Gasteiger partial charge in [0.25, 0.3) is 0 Å². The van der Waals surface area contributed by atoms with E-state index in [0.717, 1.165) is 68.4 Å². The van der Waals surface area contributed by atoms with Gasteiger partial charge in [0.05, 0.1) is 16.7 Å². The third kappa shape index (κ3) is 5.72. The molecule has 182 valence electrons. The van der Waals surface area contributed by atoms with Crippen LogP contribution in [0.15, 0.2) is 47.4 Å². The SMILES string of the molecule is CCCCC1(CCCC)CS(=O)(=O)c2ccc(N(CC)CC)cc2C(c2cccc(N)c2)N1. The van der Waals surface area contributed by atoms with E-state index in [2.05, 4.69) is 50.0 Å². The minimum absolute atomic E-state index is 0.135. The standard InChI is InChI=1S/C27H41N3O2S/c1-5-9-16-27(17-10-6-2)20-33(31,32)25-15-14-23(30(7-3)8-4)19-24(25)26(29-27)21-12-11-13-22(28)18-21/h11-15,18-19,26,29H,5-10,16-17,20,28H2,1-4H3. The molecule has 0 radical (unpaired) electrons. The lowest BCUT2D eigenvalue weighted by atomic mass is 9.86. The summed E-state index contributed by atoms with van der Waals surface area (Å²) in [5.41, 5.74) is 9.30. The molecule has 0 amide bonds. The maximum Gasteiger partial charge on any atom is 0.180 e. The van der Waals surface area contributed by atoms with Crippen molar-refractivity contribution in [3.63, 3.8) is 0 Å². The second-order valence-electron chi connectivity index (χ2n) is 9.39. The highest BCUT2D eigenvalue weighted by Gasteiger charge is 2.42. The third-order valence-corrected chi connectivity index (χ3v) is 8.92. The molecule has 0 saturated carbocycles. The molecule has 3 rings (SSSR count). The van der Waals surface area contributed by atoms with Gasteiger partial charge in [-0.15, -0.1) is 0 Å². The van der Waals surface area contributed by atoms with E-state index in [1.807, 2.05) is 30.3 Å². The molecule has 1 unspecified atom stereocenters. The fraction of sp³-hybridized carbons (Fsp3) is 0.556. The fourth-order valence-corrected chi connectivity index (χ4v) is 7.21. The van der Waals surface area contributed by atoms with Gasteiger partial charge in [0.15, 0.2) is 9.84 Å². The summed E-state index contributed by atoms with van der Waals surface area (Å²) in [4.78, 5) is 2.71. The van der Waals surface area contributed by atoms with Crippen LogP contribution in [-0.2, 0) is 9.84 Å². The van der Waals surface area contributed by atoms with Crippen LogP contribution in [0.1, 0.15) is 83.4 Å². The molecular weight excluding hydrogens is 430 g/mol. The van der Waals surface area contributed by atoms with Crippen LogP contribution in [0, 0.1) is 0 Å². The van der Waals surface area contributed by atoms with E-state index in [0.29, 0.717) is 10.6 Å². The summed E-state index contributed by atoms with van der Waals surface area (Å²) in [7, 11) is -3.47. The minimum Gasteiger partial charge on any atom is -0.399 e. The zero-order chi connectivity index (χ0) is 24.1. The number of fused-ring (bicyclic) bond motifs is 1. The van der Waals surface area contributed by atoms with Crippen LogP contribution in [0.3, 0.4) is 0 Å². The predicted octanol–water partition coefficient (Wildman–Crippen LogP) is 5.70.